The second-order valence-electron chi connectivity index (χ2n) is 9.52. The third-order valence-corrected chi connectivity index (χ3v) is 7.25. The smallest absolute Gasteiger partial charge is 0.272 e. The highest BCUT2D eigenvalue weighted by Crippen LogP contribution is 2.36. The van der Waals surface area contributed by atoms with E-state index in [1.807, 2.05) is 66.7 Å². The molecule has 0 saturated carbocycles. The number of fused-ring (bicyclic) bond motifs is 2. The van der Waals surface area contributed by atoms with Gasteiger partial charge in [-0.1, -0.05) is 54.6 Å². The minimum absolute atomic E-state index is 0.137. The highest BCUT2D eigenvalue weighted by Gasteiger charge is 2.20. The van der Waals surface area contributed by atoms with Crippen molar-refractivity contribution in [2.75, 3.05) is 30.4 Å². The van der Waals surface area contributed by atoms with Gasteiger partial charge in [0.05, 0.1) is 25.7 Å². The van der Waals surface area contributed by atoms with Gasteiger partial charge in [0.15, 0.2) is 0 Å². The summed E-state index contributed by atoms with van der Waals surface area (Å²) >= 11 is 0. The minimum atomic E-state index is -3.68. The van der Waals surface area contributed by atoms with Gasteiger partial charge in [-0.15, -0.1) is 0 Å². The van der Waals surface area contributed by atoms with E-state index in [9.17, 15) is 18.0 Å². The molecule has 5 aromatic rings. The first kappa shape index (κ1) is 28.8. The van der Waals surface area contributed by atoms with E-state index < -0.39 is 16.0 Å². The normalized spacial score (nSPS) is 11.5. The van der Waals surface area contributed by atoms with Crippen LogP contribution in [0.15, 0.2) is 84.9 Å². The van der Waals surface area contributed by atoms with E-state index in [-0.39, 0.29) is 19.6 Å². The number of nitrogens with zero attached hydrogens (tertiary/aromatic N) is 1. The number of aromatic nitrogens is 1. The van der Waals surface area contributed by atoms with E-state index in [1.54, 1.807) is 25.3 Å². The average Bonchev–Trinajstić information content (AvgIpc) is 3.42. The van der Waals surface area contributed by atoms with Crippen LogP contribution in [0.4, 0.5) is 11.4 Å². The third-order valence-electron chi connectivity index (χ3n) is 6.65. The number of ether oxygens (including phenoxy) is 1. The number of carbonyl (C=O) groups is 2. The first-order chi connectivity index (χ1) is 20.3. The maximum Gasteiger partial charge on any atom is 0.272 e. The van der Waals surface area contributed by atoms with Gasteiger partial charge in [-0.25, -0.2) is 0 Å². The molecule has 0 bridgehead atoms. The Bertz CT molecular complexity index is 1850. The van der Waals surface area contributed by atoms with Gasteiger partial charge < -0.3 is 15.0 Å². The van der Waals surface area contributed by atoms with Crippen molar-refractivity contribution in [3.63, 3.8) is 0 Å². The number of methoxy groups -OCH3 is 1. The quantitative estimate of drug-likeness (QED) is 0.117. The summed E-state index contributed by atoms with van der Waals surface area (Å²) < 4.78 is 33.6. The number of hydrogen-bond donors (Lipinski definition) is 2. The van der Waals surface area contributed by atoms with Gasteiger partial charge in [0.2, 0.25) is 6.41 Å². The van der Waals surface area contributed by atoms with Crippen molar-refractivity contribution in [3.8, 4) is 5.75 Å². The molecule has 10 nitrogen and oxygen atoms in total. The highest BCUT2D eigenvalue weighted by atomic mass is 32.2. The van der Waals surface area contributed by atoms with Crippen molar-refractivity contribution in [2.45, 2.75) is 13.0 Å². The Hall–Kier alpha value is -4.71. The first-order valence-corrected chi connectivity index (χ1v) is 14.9. The summed E-state index contributed by atoms with van der Waals surface area (Å²) in [5.41, 5.74) is 3.34. The Morgan fingerprint density at radius 2 is 1.71 bits per heavy atom. The molecule has 0 spiro atoms. The van der Waals surface area contributed by atoms with Crippen LogP contribution in [0.1, 0.15) is 21.6 Å². The lowest BCUT2D eigenvalue weighted by Gasteiger charge is -2.23. The van der Waals surface area contributed by atoms with Crippen LogP contribution in [0.3, 0.4) is 0 Å². The molecule has 0 aliphatic heterocycles. The van der Waals surface area contributed by atoms with E-state index in [0.717, 1.165) is 27.8 Å². The Morgan fingerprint density at radius 1 is 0.976 bits per heavy atom. The summed E-state index contributed by atoms with van der Waals surface area (Å²) in [6.45, 7) is -0.00277. The highest BCUT2D eigenvalue weighted by molar-refractivity contribution is 7.85. The fraction of sp³-hybridized carbons (Fsp3) is 0.161. The minimum Gasteiger partial charge on any atom is -0.497 e. The van der Waals surface area contributed by atoms with Crippen LogP contribution in [0.2, 0.25) is 0 Å². The molecule has 0 fully saturated rings. The molecule has 0 aliphatic carbocycles. The Morgan fingerprint density at radius 3 is 2.43 bits per heavy atom. The number of hydroxylamine groups is 1. The zero-order valence-corrected chi connectivity index (χ0v) is 23.8. The maximum absolute atomic E-state index is 13.5. The fourth-order valence-electron chi connectivity index (χ4n) is 4.70. The molecule has 0 atom stereocenters. The number of nitrogens with one attached hydrogen (secondary N) is 2. The number of benzene rings is 4. The van der Waals surface area contributed by atoms with E-state index in [0.29, 0.717) is 45.6 Å². The summed E-state index contributed by atoms with van der Waals surface area (Å²) in [5.74, 6) is 0.227. The Kier molecular flexibility index (Phi) is 8.53. The molecule has 0 unspecified atom stereocenters. The van der Waals surface area contributed by atoms with Gasteiger partial charge in [0.25, 0.3) is 16.0 Å². The number of amides is 2. The third kappa shape index (κ3) is 6.60. The van der Waals surface area contributed by atoms with Gasteiger partial charge in [-0.05, 0) is 53.3 Å². The van der Waals surface area contributed by atoms with Crippen LogP contribution in [0.25, 0.3) is 21.7 Å². The molecule has 1 heterocycles. The summed E-state index contributed by atoms with van der Waals surface area (Å²) in [7, 11) is -2.11. The molecule has 1 aromatic heterocycles. The molecule has 11 heteroatoms. The van der Waals surface area contributed by atoms with Crippen molar-refractivity contribution in [2.24, 2.45) is 0 Å². The first-order valence-electron chi connectivity index (χ1n) is 13.0. The molecule has 42 heavy (non-hydrogen) atoms. The predicted octanol–water partition coefficient (Wildman–Crippen LogP) is 5.20. The largest absolute Gasteiger partial charge is 0.497 e. The molecule has 0 radical (unpaired) electrons. The summed E-state index contributed by atoms with van der Waals surface area (Å²) in [5, 5.41) is 6.22. The van der Waals surface area contributed by atoms with E-state index >= 15 is 0 Å². The van der Waals surface area contributed by atoms with Crippen LogP contribution in [-0.4, -0.2) is 45.7 Å². The van der Waals surface area contributed by atoms with Crippen LogP contribution in [0.5, 0.6) is 5.75 Å². The average molecular weight is 588 g/mol. The van der Waals surface area contributed by atoms with Gasteiger partial charge in [0.1, 0.15) is 18.1 Å². The van der Waals surface area contributed by atoms with Crippen LogP contribution in [-0.2, 0) is 37.0 Å². The van der Waals surface area contributed by atoms with Crippen molar-refractivity contribution >= 4 is 55.5 Å². The standard InChI is InChI=1S/C31H29N3O7S/c1-39-23-12-13-27-22(16-23)17-29(32-27)31(36)33-28-18-30(34(20-35)40-19-21-8-4-3-5-9-21)26-11-7-6-10-24(26)25(28)14-15-41-42(2,37)38/h3-13,16-18,20,32H,14-15,19H2,1-2H3,(H,33,36). The van der Waals surface area contributed by atoms with Crippen molar-refractivity contribution in [1.82, 2.24) is 4.98 Å². The van der Waals surface area contributed by atoms with Crippen molar-refractivity contribution in [1.29, 1.82) is 0 Å². The predicted molar refractivity (Wildman–Crippen MR) is 161 cm³/mol. The lowest BCUT2D eigenvalue weighted by Crippen LogP contribution is -2.23. The van der Waals surface area contributed by atoms with Gasteiger partial charge in [-0.2, -0.15) is 13.5 Å². The number of aromatic amines is 1. The summed E-state index contributed by atoms with van der Waals surface area (Å²) in [4.78, 5) is 34.7. The Labute approximate surface area is 242 Å². The monoisotopic (exact) mass is 587 g/mol. The SMILES string of the molecule is COc1ccc2[nH]c(C(=O)Nc3cc(N(C=O)OCc4ccccc4)c4ccccc4c3CCOS(C)(=O)=O)cc2c1. The lowest BCUT2D eigenvalue weighted by atomic mass is 9.98. The number of carbonyl (C=O) groups excluding carboxylic acids is 2. The van der Waals surface area contributed by atoms with Gasteiger partial charge in [-0.3, -0.25) is 18.6 Å². The lowest BCUT2D eigenvalue weighted by molar-refractivity contribution is -0.114. The zero-order valence-electron chi connectivity index (χ0n) is 23.0. The number of rotatable bonds is 12. The van der Waals surface area contributed by atoms with E-state index in [4.69, 9.17) is 13.8 Å². The van der Waals surface area contributed by atoms with E-state index in [1.165, 1.54) is 0 Å². The second kappa shape index (κ2) is 12.4. The van der Waals surface area contributed by atoms with Crippen molar-refractivity contribution < 1.29 is 31.8 Å². The number of hydrogen-bond acceptors (Lipinski definition) is 7. The van der Waals surface area contributed by atoms with Crippen LogP contribution < -0.4 is 15.1 Å². The number of H-pyrrole nitrogens is 1. The Balaban J connectivity index is 1.55. The molecule has 0 saturated heterocycles. The topological polar surface area (TPSA) is 127 Å². The molecular formula is C31H29N3O7S. The zero-order chi connectivity index (χ0) is 29.7. The van der Waals surface area contributed by atoms with Gasteiger partial charge in [0, 0.05) is 22.0 Å². The molecule has 5 rings (SSSR count). The number of anilines is 2. The van der Waals surface area contributed by atoms with Crippen LogP contribution in [0, 0.1) is 0 Å². The molecule has 2 N–H and O–H groups in total. The molecule has 4 aromatic carbocycles. The second-order valence-corrected chi connectivity index (χ2v) is 11.2. The van der Waals surface area contributed by atoms with Crippen LogP contribution >= 0.6 is 0 Å². The summed E-state index contributed by atoms with van der Waals surface area (Å²) in [6, 6.07) is 25.5. The molecule has 2 amide bonds. The fourth-order valence-corrected chi connectivity index (χ4v) is 5.09. The summed E-state index contributed by atoms with van der Waals surface area (Å²) in [6.07, 6.45) is 1.71. The molecular weight excluding hydrogens is 558 g/mol. The maximum atomic E-state index is 13.5. The molecule has 0 aliphatic rings. The molecule has 216 valence electrons. The van der Waals surface area contributed by atoms with Gasteiger partial charge >= 0.3 is 0 Å². The van der Waals surface area contributed by atoms with Crippen molar-refractivity contribution in [3.05, 3.63) is 102 Å². The van der Waals surface area contributed by atoms with E-state index in [2.05, 4.69) is 10.3 Å².